The van der Waals surface area contributed by atoms with E-state index in [1.807, 2.05) is 0 Å². The summed E-state index contributed by atoms with van der Waals surface area (Å²) in [4.78, 5) is 0.599. The molecule has 0 bridgehead atoms. The summed E-state index contributed by atoms with van der Waals surface area (Å²) in [5, 5.41) is 0. The van der Waals surface area contributed by atoms with Crippen molar-refractivity contribution in [2.24, 2.45) is 5.73 Å². The zero-order valence-electron chi connectivity index (χ0n) is 6.10. The van der Waals surface area contributed by atoms with Crippen LogP contribution in [0.4, 0.5) is 0 Å². The van der Waals surface area contributed by atoms with Gasteiger partial charge in [-0.2, -0.15) is 0 Å². The lowest BCUT2D eigenvalue weighted by atomic mass is 10.1. The van der Waals surface area contributed by atoms with E-state index >= 15 is 0 Å². The van der Waals surface area contributed by atoms with Crippen LogP contribution in [0, 0.1) is 0 Å². The first kappa shape index (κ1) is 7.73. The molecule has 0 amide bonds. The third-order valence-corrected chi connectivity index (χ3v) is 2.12. The van der Waals surface area contributed by atoms with Gasteiger partial charge in [0.15, 0.2) is 0 Å². The van der Waals surface area contributed by atoms with Crippen molar-refractivity contribution < 1.29 is 0 Å². The summed E-state index contributed by atoms with van der Waals surface area (Å²) in [6, 6.07) is 0. The molecule has 0 aromatic carbocycles. The van der Waals surface area contributed by atoms with Crippen LogP contribution in [0.2, 0.25) is 0 Å². The normalized spacial score (nSPS) is 19.4. The van der Waals surface area contributed by atoms with E-state index in [4.69, 9.17) is 18.0 Å². The largest absolute Gasteiger partial charge is 0.390 e. The highest BCUT2D eigenvalue weighted by Crippen LogP contribution is 2.16. The number of rotatable bonds is 1. The maximum Gasteiger partial charge on any atom is 0.0991 e. The first-order valence-electron chi connectivity index (χ1n) is 3.79. The second-order valence-electron chi connectivity index (χ2n) is 2.69. The van der Waals surface area contributed by atoms with E-state index in [0.29, 0.717) is 4.99 Å². The summed E-state index contributed by atoms with van der Waals surface area (Å²) in [5.74, 6) is 0. The molecule has 0 aromatic heterocycles. The van der Waals surface area contributed by atoms with Crippen LogP contribution >= 0.6 is 12.2 Å². The Balaban J connectivity index is 2.54. The minimum Gasteiger partial charge on any atom is -0.390 e. The predicted molar refractivity (Wildman–Crippen MR) is 48.0 cm³/mol. The zero-order chi connectivity index (χ0) is 7.40. The van der Waals surface area contributed by atoms with Crippen LogP contribution in [0.1, 0.15) is 32.1 Å². The summed E-state index contributed by atoms with van der Waals surface area (Å²) in [6.45, 7) is 0. The Kier molecular flexibility index (Phi) is 2.87. The molecule has 0 saturated carbocycles. The lowest BCUT2D eigenvalue weighted by molar-refractivity contribution is 0.715. The number of hydrogen-bond acceptors (Lipinski definition) is 1. The molecule has 0 atom stereocenters. The van der Waals surface area contributed by atoms with Crippen molar-refractivity contribution in [2.75, 3.05) is 0 Å². The van der Waals surface area contributed by atoms with E-state index in [1.165, 1.54) is 24.8 Å². The number of thiocarbonyl (C=S) groups is 1. The molecule has 0 heterocycles. The fraction of sp³-hybridized carbons (Fsp3) is 0.625. The highest BCUT2D eigenvalue weighted by molar-refractivity contribution is 7.80. The van der Waals surface area contributed by atoms with Crippen molar-refractivity contribution in [2.45, 2.75) is 32.1 Å². The molecule has 0 fully saturated rings. The fourth-order valence-corrected chi connectivity index (χ4v) is 1.42. The minimum atomic E-state index is 0.599. The quantitative estimate of drug-likeness (QED) is 0.587. The van der Waals surface area contributed by atoms with Crippen LogP contribution in [-0.2, 0) is 0 Å². The van der Waals surface area contributed by atoms with E-state index in [-0.39, 0.29) is 0 Å². The zero-order valence-corrected chi connectivity index (χ0v) is 6.91. The molecule has 0 spiro atoms. The van der Waals surface area contributed by atoms with Gasteiger partial charge in [0.05, 0.1) is 4.99 Å². The highest BCUT2D eigenvalue weighted by atomic mass is 32.1. The number of nitrogens with two attached hydrogens (primary N) is 1. The molecule has 0 aromatic rings. The molecule has 2 heteroatoms. The standard InChI is InChI=1S/C8H13NS/c9-8(10)7-5-3-1-2-4-6-7/h5H,1-4,6H2,(H2,9,10). The topological polar surface area (TPSA) is 26.0 Å². The molecule has 1 nitrogen and oxygen atoms in total. The van der Waals surface area contributed by atoms with Crippen LogP contribution in [0.15, 0.2) is 11.6 Å². The fourth-order valence-electron chi connectivity index (χ4n) is 1.24. The van der Waals surface area contributed by atoms with E-state index in [2.05, 4.69) is 6.08 Å². The molecule has 1 rings (SSSR count). The second-order valence-corrected chi connectivity index (χ2v) is 3.13. The minimum absolute atomic E-state index is 0.599. The van der Waals surface area contributed by atoms with Crippen molar-refractivity contribution in [3.05, 3.63) is 11.6 Å². The number of hydrogen-bond donors (Lipinski definition) is 1. The van der Waals surface area contributed by atoms with E-state index in [1.54, 1.807) is 0 Å². The van der Waals surface area contributed by atoms with Crippen LogP contribution < -0.4 is 5.73 Å². The first-order valence-corrected chi connectivity index (χ1v) is 4.20. The van der Waals surface area contributed by atoms with Crippen molar-refractivity contribution in [1.82, 2.24) is 0 Å². The molecule has 0 saturated heterocycles. The molecular formula is C8H13NS. The molecule has 1 aliphatic rings. The van der Waals surface area contributed by atoms with E-state index in [0.717, 1.165) is 12.8 Å². The van der Waals surface area contributed by atoms with Gasteiger partial charge in [-0.25, -0.2) is 0 Å². The Labute approximate surface area is 67.3 Å². The average molecular weight is 155 g/mol. The molecule has 0 aliphatic heterocycles. The lowest BCUT2D eigenvalue weighted by Gasteiger charge is -1.99. The molecule has 0 radical (unpaired) electrons. The van der Waals surface area contributed by atoms with E-state index in [9.17, 15) is 0 Å². The predicted octanol–water partition coefficient (Wildman–Crippen LogP) is 2.16. The Morgan fingerprint density at radius 1 is 1.40 bits per heavy atom. The molecule has 56 valence electrons. The third-order valence-electron chi connectivity index (χ3n) is 1.86. The average Bonchev–Trinajstić information content (AvgIpc) is 2.12. The SMILES string of the molecule is NC(=S)C1=CCCCCC1. The van der Waals surface area contributed by atoms with Crippen molar-refractivity contribution in [3.63, 3.8) is 0 Å². The highest BCUT2D eigenvalue weighted by Gasteiger charge is 2.03. The van der Waals surface area contributed by atoms with Gasteiger partial charge in [-0.1, -0.05) is 24.7 Å². The summed E-state index contributed by atoms with van der Waals surface area (Å²) in [7, 11) is 0. The van der Waals surface area contributed by atoms with Gasteiger partial charge in [0.1, 0.15) is 0 Å². The third kappa shape index (κ3) is 2.10. The Morgan fingerprint density at radius 2 is 2.20 bits per heavy atom. The Bertz CT molecular complexity index is 161. The maximum atomic E-state index is 5.50. The summed E-state index contributed by atoms with van der Waals surface area (Å²) in [5.41, 5.74) is 6.70. The molecular weight excluding hydrogens is 142 g/mol. The van der Waals surface area contributed by atoms with Gasteiger partial charge in [0.2, 0.25) is 0 Å². The smallest absolute Gasteiger partial charge is 0.0991 e. The van der Waals surface area contributed by atoms with Crippen molar-refractivity contribution in [3.8, 4) is 0 Å². The lowest BCUT2D eigenvalue weighted by Crippen LogP contribution is -2.10. The van der Waals surface area contributed by atoms with Crippen LogP contribution in [0.3, 0.4) is 0 Å². The van der Waals surface area contributed by atoms with Gasteiger partial charge >= 0.3 is 0 Å². The van der Waals surface area contributed by atoms with Gasteiger partial charge in [-0.15, -0.1) is 0 Å². The monoisotopic (exact) mass is 155 g/mol. The number of allylic oxidation sites excluding steroid dienone is 1. The summed E-state index contributed by atoms with van der Waals surface area (Å²) in [6.07, 6.45) is 8.31. The van der Waals surface area contributed by atoms with Crippen LogP contribution in [0.5, 0.6) is 0 Å². The molecule has 2 N–H and O–H groups in total. The summed E-state index contributed by atoms with van der Waals surface area (Å²) < 4.78 is 0. The Hall–Kier alpha value is -0.370. The van der Waals surface area contributed by atoms with Gasteiger partial charge in [-0.05, 0) is 31.3 Å². The van der Waals surface area contributed by atoms with Gasteiger partial charge in [-0.3, -0.25) is 0 Å². The van der Waals surface area contributed by atoms with Crippen LogP contribution in [0.25, 0.3) is 0 Å². The van der Waals surface area contributed by atoms with Crippen molar-refractivity contribution in [1.29, 1.82) is 0 Å². The summed E-state index contributed by atoms with van der Waals surface area (Å²) >= 11 is 4.89. The molecule has 1 aliphatic carbocycles. The maximum absolute atomic E-state index is 5.50. The second kappa shape index (κ2) is 3.71. The van der Waals surface area contributed by atoms with Crippen LogP contribution in [-0.4, -0.2) is 4.99 Å². The first-order chi connectivity index (χ1) is 4.80. The molecule has 10 heavy (non-hydrogen) atoms. The van der Waals surface area contributed by atoms with Crippen molar-refractivity contribution >= 4 is 17.2 Å². The van der Waals surface area contributed by atoms with Gasteiger partial charge in [0.25, 0.3) is 0 Å². The Morgan fingerprint density at radius 3 is 2.90 bits per heavy atom. The van der Waals surface area contributed by atoms with Gasteiger partial charge < -0.3 is 5.73 Å². The molecule has 0 unspecified atom stereocenters. The van der Waals surface area contributed by atoms with Gasteiger partial charge in [0, 0.05) is 0 Å². The van der Waals surface area contributed by atoms with E-state index < -0.39 is 0 Å².